The molecule has 3 heteroatoms. The van der Waals surface area contributed by atoms with Crippen molar-refractivity contribution in [2.45, 2.75) is 54.4 Å². The van der Waals surface area contributed by atoms with Crippen molar-refractivity contribution < 1.29 is 4.63 Å². The van der Waals surface area contributed by atoms with Crippen LogP contribution in [0, 0.1) is 0 Å². The Kier molecular flexibility index (Phi) is 15.5. The third-order valence-electron chi connectivity index (χ3n) is 1.66. The summed E-state index contributed by atoms with van der Waals surface area (Å²) < 4.78 is 4.46. The van der Waals surface area contributed by atoms with Crippen molar-refractivity contribution in [3.63, 3.8) is 0 Å². The molecule has 0 N–H and O–H groups in total. The fourth-order valence-corrected chi connectivity index (χ4v) is 0.727. The summed E-state index contributed by atoms with van der Waals surface area (Å²) in [5.74, 6) is 0. The van der Waals surface area contributed by atoms with Crippen LogP contribution in [0.1, 0.15) is 54.4 Å². The third kappa shape index (κ3) is 8.43. The minimum Gasteiger partial charge on any atom is -0.243 e. The van der Waals surface area contributed by atoms with E-state index in [1.165, 1.54) is 12.8 Å². The molecule has 1 aromatic carbocycles. The standard InChI is InChI=1S/C6H4N2O.C4H10.2C2H6/c1-2-4-6-5(3-1)7-9-8-6;1-3-4-2;2*1-2/h1-4H;3-4H2,1-2H3;2*1-2H3. The Morgan fingerprint density at radius 2 is 1.18 bits per heavy atom. The zero-order chi connectivity index (χ0) is 13.5. The average molecular weight is 238 g/mol. The summed E-state index contributed by atoms with van der Waals surface area (Å²) in [5, 5.41) is 7.27. The second kappa shape index (κ2) is 14.6. The van der Waals surface area contributed by atoms with E-state index < -0.39 is 0 Å². The summed E-state index contributed by atoms with van der Waals surface area (Å²) in [6, 6.07) is 7.50. The Bertz CT molecular complexity index is 312. The van der Waals surface area contributed by atoms with Crippen molar-refractivity contribution in [3.8, 4) is 0 Å². The fraction of sp³-hybridized carbons (Fsp3) is 0.571. The lowest BCUT2D eigenvalue weighted by atomic mass is 10.3. The monoisotopic (exact) mass is 238 g/mol. The molecule has 0 amide bonds. The summed E-state index contributed by atoms with van der Waals surface area (Å²) in [7, 11) is 0. The molecule has 17 heavy (non-hydrogen) atoms. The van der Waals surface area contributed by atoms with E-state index in [1.807, 2.05) is 52.0 Å². The zero-order valence-corrected chi connectivity index (χ0v) is 12.0. The van der Waals surface area contributed by atoms with E-state index in [0.29, 0.717) is 0 Å². The number of hydrogen-bond donors (Lipinski definition) is 0. The van der Waals surface area contributed by atoms with E-state index in [0.717, 1.165) is 11.0 Å². The number of fused-ring (bicyclic) bond motifs is 1. The molecule has 1 heterocycles. The van der Waals surface area contributed by atoms with Crippen LogP contribution in [0.3, 0.4) is 0 Å². The molecule has 3 nitrogen and oxygen atoms in total. The van der Waals surface area contributed by atoms with Crippen molar-refractivity contribution in [2.75, 3.05) is 0 Å². The van der Waals surface area contributed by atoms with E-state index in [-0.39, 0.29) is 0 Å². The molecule has 0 atom stereocenters. The van der Waals surface area contributed by atoms with Gasteiger partial charge < -0.3 is 0 Å². The third-order valence-corrected chi connectivity index (χ3v) is 1.66. The Morgan fingerprint density at radius 1 is 0.824 bits per heavy atom. The Hall–Kier alpha value is -1.38. The van der Waals surface area contributed by atoms with Crippen LogP contribution in [0.2, 0.25) is 0 Å². The van der Waals surface area contributed by atoms with Gasteiger partial charge in [-0.25, -0.2) is 4.63 Å². The molecule has 0 unspecified atom stereocenters. The molecule has 0 aliphatic rings. The number of aromatic nitrogens is 2. The summed E-state index contributed by atoms with van der Waals surface area (Å²) in [5.41, 5.74) is 1.61. The van der Waals surface area contributed by atoms with Gasteiger partial charge in [0.05, 0.1) is 0 Å². The quantitative estimate of drug-likeness (QED) is 0.695. The Balaban J connectivity index is 0. The van der Waals surface area contributed by atoms with E-state index in [9.17, 15) is 0 Å². The topological polar surface area (TPSA) is 38.9 Å². The summed E-state index contributed by atoms with van der Waals surface area (Å²) in [6.45, 7) is 12.4. The van der Waals surface area contributed by atoms with Gasteiger partial charge in [-0.3, -0.25) is 0 Å². The molecule has 0 bridgehead atoms. The molecule has 0 saturated heterocycles. The van der Waals surface area contributed by atoms with Crippen LogP contribution in [0.25, 0.3) is 11.0 Å². The predicted molar refractivity (Wildman–Crippen MR) is 75.1 cm³/mol. The van der Waals surface area contributed by atoms with Gasteiger partial charge in [0.25, 0.3) is 0 Å². The molecular formula is C14H26N2O. The number of nitrogens with zero attached hydrogens (tertiary/aromatic N) is 2. The van der Waals surface area contributed by atoms with Crippen molar-refractivity contribution in [1.82, 2.24) is 10.3 Å². The maximum Gasteiger partial charge on any atom is 0.135 e. The number of unbranched alkanes of at least 4 members (excludes halogenated alkanes) is 1. The minimum absolute atomic E-state index is 0.803. The van der Waals surface area contributed by atoms with Crippen molar-refractivity contribution >= 4 is 11.0 Å². The highest BCUT2D eigenvalue weighted by Gasteiger charge is 1.93. The highest BCUT2D eigenvalue weighted by atomic mass is 16.6. The lowest BCUT2D eigenvalue weighted by molar-refractivity contribution is 0.315. The van der Waals surface area contributed by atoms with Gasteiger partial charge in [-0.1, -0.05) is 66.5 Å². The molecule has 2 aromatic rings. The molecule has 0 saturated carbocycles. The first-order valence-corrected chi connectivity index (χ1v) is 6.55. The fourth-order valence-electron chi connectivity index (χ4n) is 0.727. The summed E-state index contributed by atoms with van der Waals surface area (Å²) in [6.07, 6.45) is 2.64. The second-order valence-electron chi connectivity index (χ2n) is 2.75. The normalized spacial score (nSPS) is 7.88. The van der Waals surface area contributed by atoms with Gasteiger partial charge in [0, 0.05) is 0 Å². The van der Waals surface area contributed by atoms with Crippen LogP contribution in [-0.4, -0.2) is 10.3 Å². The van der Waals surface area contributed by atoms with E-state index in [4.69, 9.17) is 0 Å². The Morgan fingerprint density at radius 3 is 1.47 bits per heavy atom. The second-order valence-corrected chi connectivity index (χ2v) is 2.75. The maximum absolute atomic E-state index is 4.46. The molecular weight excluding hydrogens is 212 g/mol. The lowest BCUT2D eigenvalue weighted by Gasteiger charge is -1.76. The number of benzene rings is 1. The van der Waals surface area contributed by atoms with E-state index >= 15 is 0 Å². The molecule has 2 rings (SSSR count). The summed E-state index contributed by atoms with van der Waals surface area (Å²) in [4.78, 5) is 0. The first-order chi connectivity index (χ1) is 8.38. The van der Waals surface area contributed by atoms with Gasteiger partial charge in [-0.05, 0) is 22.4 Å². The molecule has 98 valence electrons. The molecule has 0 spiro atoms. The van der Waals surface area contributed by atoms with Gasteiger partial charge in [0.1, 0.15) is 11.0 Å². The van der Waals surface area contributed by atoms with Crippen LogP contribution in [-0.2, 0) is 0 Å². The van der Waals surface area contributed by atoms with Crippen LogP contribution >= 0.6 is 0 Å². The zero-order valence-electron chi connectivity index (χ0n) is 12.0. The highest BCUT2D eigenvalue weighted by molar-refractivity contribution is 5.72. The molecule has 0 aliphatic heterocycles. The van der Waals surface area contributed by atoms with Gasteiger partial charge in [0.15, 0.2) is 0 Å². The lowest BCUT2D eigenvalue weighted by Crippen LogP contribution is -1.63. The van der Waals surface area contributed by atoms with Gasteiger partial charge in [-0.15, -0.1) is 0 Å². The van der Waals surface area contributed by atoms with Crippen LogP contribution in [0.15, 0.2) is 28.9 Å². The van der Waals surface area contributed by atoms with Crippen LogP contribution < -0.4 is 0 Å². The molecule has 0 fully saturated rings. The summed E-state index contributed by atoms with van der Waals surface area (Å²) >= 11 is 0. The average Bonchev–Trinajstić information content (AvgIpc) is 2.92. The van der Waals surface area contributed by atoms with Crippen LogP contribution in [0.5, 0.6) is 0 Å². The van der Waals surface area contributed by atoms with Gasteiger partial charge in [0.2, 0.25) is 0 Å². The smallest absolute Gasteiger partial charge is 0.135 e. The predicted octanol–water partition coefficient (Wildman–Crippen LogP) is 5.08. The Labute approximate surface area is 105 Å². The first-order valence-electron chi connectivity index (χ1n) is 6.55. The van der Waals surface area contributed by atoms with Crippen molar-refractivity contribution in [1.29, 1.82) is 0 Å². The molecule has 0 radical (unpaired) electrons. The van der Waals surface area contributed by atoms with Crippen molar-refractivity contribution in [3.05, 3.63) is 24.3 Å². The maximum atomic E-state index is 4.46. The number of hydrogen-bond acceptors (Lipinski definition) is 3. The van der Waals surface area contributed by atoms with Crippen LogP contribution in [0.4, 0.5) is 0 Å². The number of rotatable bonds is 1. The first kappa shape index (κ1) is 18.0. The van der Waals surface area contributed by atoms with Crippen molar-refractivity contribution in [2.24, 2.45) is 0 Å². The van der Waals surface area contributed by atoms with E-state index in [2.05, 4.69) is 28.8 Å². The van der Waals surface area contributed by atoms with Gasteiger partial charge in [-0.2, -0.15) is 0 Å². The largest absolute Gasteiger partial charge is 0.243 e. The van der Waals surface area contributed by atoms with E-state index in [1.54, 1.807) is 0 Å². The van der Waals surface area contributed by atoms with Gasteiger partial charge >= 0.3 is 0 Å². The molecule has 1 aromatic heterocycles. The SMILES string of the molecule is CC.CC.CCCC.c1ccc2nonc2c1. The highest BCUT2D eigenvalue weighted by Crippen LogP contribution is 2.05. The molecule has 0 aliphatic carbocycles. The minimum atomic E-state index is 0.803.